The Morgan fingerprint density at radius 2 is 1.81 bits per heavy atom. The zero-order chi connectivity index (χ0) is 25.7. The third-order valence-electron chi connectivity index (χ3n) is 7.37. The number of sulfone groups is 1. The van der Waals surface area contributed by atoms with Crippen LogP contribution in [0.15, 0.2) is 66.1 Å². The lowest BCUT2D eigenvalue weighted by molar-refractivity contribution is 0.0552. The quantitative estimate of drug-likeness (QED) is 0.337. The smallest absolute Gasteiger partial charge is 0.192 e. The maximum absolute atomic E-state index is 12.5. The molecular weight excluding hydrogens is 486 g/mol. The van der Waals surface area contributed by atoms with Crippen molar-refractivity contribution in [3.8, 4) is 11.3 Å². The SMILES string of the molecule is Cc1ncn(C)c1-c1cnc2c3ccc(S(C)(=O)=O)nc3n(C(c3ccccc3)C3CCOCC3)c2c1. The molecule has 1 unspecified atom stereocenters. The molecule has 9 heteroatoms. The number of aryl methyl sites for hydroxylation is 2. The van der Waals surface area contributed by atoms with Gasteiger partial charge in [0.2, 0.25) is 0 Å². The lowest BCUT2D eigenvalue weighted by Gasteiger charge is -2.32. The normalized spacial score (nSPS) is 16.0. The molecule has 0 bridgehead atoms. The minimum absolute atomic E-state index is 0.0582. The van der Waals surface area contributed by atoms with Crippen LogP contribution in [0, 0.1) is 12.8 Å². The van der Waals surface area contributed by atoms with E-state index in [0.717, 1.165) is 51.8 Å². The van der Waals surface area contributed by atoms with Crippen LogP contribution in [0.3, 0.4) is 0 Å². The Hall–Kier alpha value is -3.56. The first-order valence-electron chi connectivity index (χ1n) is 12.4. The van der Waals surface area contributed by atoms with Crippen molar-refractivity contribution in [2.75, 3.05) is 19.5 Å². The number of hydrogen-bond donors (Lipinski definition) is 0. The highest BCUT2D eigenvalue weighted by molar-refractivity contribution is 7.90. The molecule has 4 aromatic heterocycles. The molecule has 6 rings (SSSR count). The molecule has 0 saturated carbocycles. The van der Waals surface area contributed by atoms with Gasteiger partial charge in [0.15, 0.2) is 14.9 Å². The molecule has 37 heavy (non-hydrogen) atoms. The van der Waals surface area contributed by atoms with E-state index in [0.29, 0.717) is 24.8 Å². The van der Waals surface area contributed by atoms with E-state index in [-0.39, 0.29) is 11.1 Å². The molecule has 1 aromatic carbocycles. The van der Waals surface area contributed by atoms with Crippen molar-refractivity contribution in [2.45, 2.75) is 30.8 Å². The maximum Gasteiger partial charge on any atom is 0.192 e. The second-order valence-electron chi connectivity index (χ2n) is 9.85. The topological polar surface area (TPSA) is 91.9 Å². The molecule has 5 heterocycles. The summed E-state index contributed by atoms with van der Waals surface area (Å²) in [6, 6.07) is 15.9. The van der Waals surface area contributed by atoms with Gasteiger partial charge in [0.1, 0.15) is 5.65 Å². The molecule has 1 saturated heterocycles. The molecule has 190 valence electrons. The molecule has 5 aromatic rings. The van der Waals surface area contributed by atoms with Crippen molar-refractivity contribution in [2.24, 2.45) is 13.0 Å². The largest absolute Gasteiger partial charge is 0.381 e. The van der Waals surface area contributed by atoms with Gasteiger partial charge in [0, 0.05) is 43.7 Å². The van der Waals surface area contributed by atoms with Gasteiger partial charge in [0.25, 0.3) is 0 Å². The summed E-state index contributed by atoms with van der Waals surface area (Å²) in [5, 5.41) is 0.897. The van der Waals surface area contributed by atoms with Gasteiger partial charge in [-0.1, -0.05) is 30.3 Å². The fraction of sp³-hybridized carbons (Fsp3) is 0.321. The van der Waals surface area contributed by atoms with E-state index in [1.54, 1.807) is 12.4 Å². The van der Waals surface area contributed by atoms with Crippen molar-refractivity contribution in [3.05, 3.63) is 72.3 Å². The summed E-state index contributed by atoms with van der Waals surface area (Å²) < 4.78 is 35.0. The zero-order valence-corrected chi connectivity index (χ0v) is 21.9. The zero-order valence-electron chi connectivity index (χ0n) is 21.1. The van der Waals surface area contributed by atoms with Crippen molar-refractivity contribution >= 4 is 31.9 Å². The number of nitrogens with zero attached hydrogens (tertiary/aromatic N) is 5. The molecule has 0 spiro atoms. The van der Waals surface area contributed by atoms with E-state index in [2.05, 4.69) is 27.8 Å². The van der Waals surface area contributed by atoms with Crippen LogP contribution in [0.2, 0.25) is 0 Å². The van der Waals surface area contributed by atoms with Crippen molar-refractivity contribution in [1.29, 1.82) is 0 Å². The van der Waals surface area contributed by atoms with Gasteiger partial charge in [-0.15, -0.1) is 0 Å². The Bertz CT molecular complexity index is 1700. The number of rotatable bonds is 5. The van der Waals surface area contributed by atoms with Crippen molar-refractivity contribution in [1.82, 2.24) is 24.1 Å². The first kappa shape index (κ1) is 23.8. The molecule has 0 N–H and O–H groups in total. The van der Waals surface area contributed by atoms with Crippen LogP contribution in [-0.2, 0) is 21.6 Å². The van der Waals surface area contributed by atoms with Crippen molar-refractivity contribution in [3.63, 3.8) is 0 Å². The average Bonchev–Trinajstić information content (AvgIpc) is 3.40. The molecule has 1 atom stereocenters. The van der Waals surface area contributed by atoms with Crippen LogP contribution >= 0.6 is 0 Å². The number of pyridine rings is 2. The summed E-state index contributed by atoms with van der Waals surface area (Å²) in [5.41, 5.74) is 6.39. The Morgan fingerprint density at radius 3 is 2.49 bits per heavy atom. The fourth-order valence-electron chi connectivity index (χ4n) is 5.65. The second kappa shape index (κ2) is 9.08. The molecule has 1 fully saturated rings. The first-order valence-corrected chi connectivity index (χ1v) is 14.3. The molecule has 0 amide bonds. The van der Waals surface area contributed by atoms with Gasteiger partial charge in [0.05, 0.1) is 34.8 Å². The lowest BCUT2D eigenvalue weighted by atomic mass is 9.86. The highest BCUT2D eigenvalue weighted by Gasteiger charge is 2.31. The Labute approximate surface area is 215 Å². The number of imidazole rings is 1. The van der Waals surface area contributed by atoms with Gasteiger partial charge >= 0.3 is 0 Å². The van der Waals surface area contributed by atoms with Crippen molar-refractivity contribution < 1.29 is 13.2 Å². The standard InChI is InChI=1S/C28H29N5O3S/c1-18-26(32(2)17-30-18)21-15-23-25(29-16-21)22-9-10-24(37(3,34)35)31-28(22)33(23)27(19-7-5-4-6-8-19)20-11-13-36-14-12-20/h4-10,15-17,20,27H,11-14H2,1-3H3. The van der Waals surface area contributed by atoms with E-state index in [1.165, 1.54) is 6.26 Å². The van der Waals surface area contributed by atoms with Crippen LogP contribution in [-0.4, -0.2) is 52.0 Å². The summed E-state index contributed by atoms with van der Waals surface area (Å²) in [5.74, 6) is 0.292. The fourth-order valence-corrected chi connectivity index (χ4v) is 6.22. The number of hydrogen-bond acceptors (Lipinski definition) is 6. The predicted octanol–water partition coefficient (Wildman–Crippen LogP) is 4.71. The van der Waals surface area contributed by atoms with Gasteiger partial charge in [-0.3, -0.25) is 4.98 Å². The minimum Gasteiger partial charge on any atom is -0.381 e. The van der Waals surface area contributed by atoms with Crippen LogP contribution in [0.25, 0.3) is 33.3 Å². The summed E-state index contributed by atoms with van der Waals surface area (Å²) in [6.45, 7) is 3.39. The van der Waals surface area contributed by atoms with Gasteiger partial charge in [-0.25, -0.2) is 18.4 Å². The summed E-state index contributed by atoms with van der Waals surface area (Å²) in [7, 11) is -1.52. The predicted molar refractivity (Wildman–Crippen MR) is 143 cm³/mol. The summed E-state index contributed by atoms with van der Waals surface area (Å²) in [4.78, 5) is 14.1. The van der Waals surface area contributed by atoms with Crippen LogP contribution in [0.5, 0.6) is 0 Å². The molecule has 1 aliphatic rings. The van der Waals surface area contributed by atoms with E-state index in [4.69, 9.17) is 14.7 Å². The molecule has 0 aliphatic carbocycles. The van der Waals surface area contributed by atoms with E-state index < -0.39 is 9.84 Å². The van der Waals surface area contributed by atoms with Gasteiger partial charge in [-0.2, -0.15) is 0 Å². The van der Waals surface area contributed by atoms with Crippen LogP contribution in [0.1, 0.15) is 30.1 Å². The molecular formula is C28H29N5O3S. The third kappa shape index (κ3) is 4.12. The molecule has 1 aliphatic heterocycles. The number of fused-ring (bicyclic) bond motifs is 3. The van der Waals surface area contributed by atoms with E-state index in [9.17, 15) is 8.42 Å². The highest BCUT2D eigenvalue weighted by atomic mass is 32.2. The lowest BCUT2D eigenvalue weighted by Crippen LogP contribution is -2.27. The van der Waals surface area contributed by atoms with Gasteiger partial charge < -0.3 is 13.9 Å². The Balaban J connectivity index is 1.71. The molecule has 8 nitrogen and oxygen atoms in total. The summed E-state index contributed by atoms with van der Waals surface area (Å²) in [6.07, 6.45) is 6.68. The molecule has 0 radical (unpaired) electrons. The first-order chi connectivity index (χ1) is 17.8. The summed E-state index contributed by atoms with van der Waals surface area (Å²) >= 11 is 0. The third-order valence-corrected chi connectivity index (χ3v) is 8.35. The van der Waals surface area contributed by atoms with E-state index in [1.807, 2.05) is 49.0 Å². The number of benzene rings is 1. The monoisotopic (exact) mass is 515 g/mol. The van der Waals surface area contributed by atoms with Gasteiger partial charge in [-0.05, 0) is 49.4 Å². The van der Waals surface area contributed by atoms with E-state index >= 15 is 0 Å². The average molecular weight is 516 g/mol. The highest BCUT2D eigenvalue weighted by Crippen LogP contribution is 2.41. The minimum atomic E-state index is -3.49. The Morgan fingerprint density at radius 1 is 1.05 bits per heavy atom. The van der Waals surface area contributed by atoms with Crippen LogP contribution < -0.4 is 0 Å². The van der Waals surface area contributed by atoms with Crippen LogP contribution in [0.4, 0.5) is 0 Å². The second-order valence-corrected chi connectivity index (χ2v) is 11.8. The number of aromatic nitrogens is 5. The maximum atomic E-state index is 12.5. The number of ether oxygens (including phenoxy) is 1. The Kier molecular flexibility index (Phi) is 5.84.